The molecule has 1 aliphatic heterocycles. The van der Waals surface area contributed by atoms with Crippen molar-refractivity contribution in [3.05, 3.63) is 52.0 Å². The lowest BCUT2D eigenvalue weighted by atomic mass is 9.92. The molecule has 23 heavy (non-hydrogen) atoms. The molecule has 0 aliphatic carbocycles. The molecule has 0 saturated heterocycles. The fourth-order valence-electron chi connectivity index (χ4n) is 3.03. The second-order valence-electron chi connectivity index (χ2n) is 5.53. The molecule has 0 spiro atoms. The maximum absolute atomic E-state index is 12.6. The first kappa shape index (κ1) is 15.9. The molecule has 0 bridgehead atoms. The van der Waals surface area contributed by atoms with Crippen molar-refractivity contribution < 1.29 is 14.3 Å². The van der Waals surface area contributed by atoms with E-state index in [1.165, 1.54) is 0 Å². The maximum Gasteiger partial charge on any atom is 0.234 e. The van der Waals surface area contributed by atoms with Gasteiger partial charge in [0.2, 0.25) is 5.91 Å². The van der Waals surface area contributed by atoms with Gasteiger partial charge in [0.05, 0.1) is 20.1 Å². The molecule has 0 radical (unpaired) electrons. The summed E-state index contributed by atoms with van der Waals surface area (Å²) in [5.74, 6) is 1.39. The van der Waals surface area contributed by atoms with Gasteiger partial charge in [-0.2, -0.15) is 0 Å². The van der Waals surface area contributed by atoms with Crippen molar-refractivity contribution in [2.45, 2.75) is 12.3 Å². The lowest BCUT2D eigenvalue weighted by molar-refractivity contribution is -0.119. The van der Waals surface area contributed by atoms with Gasteiger partial charge in [-0.1, -0.05) is 22.0 Å². The molecular formula is C18H18BrNO3. The molecule has 1 heterocycles. The maximum atomic E-state index is 12.6. The van der Waals surface area contributed by atoms with Gasteiger partial charge >= 0.3 is 0 Å². The monoisotopic (exact) mass is 375 g/mol. The minimum atomic E-state index is -0.199. The number of carbonyl (C=O) groups excluding carboxylic acids is 1. The Labute approximate surface area is 144 Å². The lowest BCUT2D eigenvalue weighted by Crippen LogP contribution is -2.25. The third kappa shape index (κ3) is 2.81. The van der Waals surface area contributed by atoms with Gasteiger partial charge in [-0.25, -0.2) is 0 Å². The van der Waals surface area contributed by atoms with Crippen molar-refractivity contribution in [3.8, 4) is 11.5 Å². The zero-order chi connectivity index (χ0) is 16.6. The highest BCUT2D eigenvalue weighted by Gasteiger charge is 2.35. The number of anilines is 1. The Balaban J connectivity index is 1.98. The number of methoxy groups -OCH3 is 2. The van der Waals surface area contributed by atoms with Crippen molar-refractivity contribution in [3.63, 3.8) is 0 Å². The molecule has 0 fully saturated rings. The SMILES string of the molecule is COc1ccc(C[C@@H]2C(=O)N(C)c3ccc(Br)cc32)c(OC)c1. The van der Waals surface area contributed by atoms with E-state index < -0.39 is 0 Å². The summed E-state index contributed by atoms with van der Waals surface area (Å²) < 4.78 is 11.7. The van der Waals surface area contributed by atoms with Crippen LogP contribution < -0.4 is 14.4 Å². The van der Waals surface area contributed by atoms with Crippen molar-refractivity contribution in [2.24, 2.45) is 0 Å². The Hall–Kier alpha value is -2.01. The molecule has 0 saturated carbocycles. The van der Waals surface area contributed by atoms with Crippen molar-refractivity contribution in [1.29, 1.82) is 0 Å². The smallest absolute Gasteiger partial charge is 0.234 e. The molecule has 120 valence electrons. The third-order valence-corrected chi connectivity index (χ3v) is 4.77. The average molecular weight is 376 g/mol. The molecule has 2 aromatic rings. The largest absolute Gasteiger partial charge is 0.497 e. The summed E-state index contributed by atoms with van der Waals surface area (Å²) in [5.41, 5.74) is 3.01. The summed E-state index contributed by atoms with van der Waals surface area (Å²) in [5, 5.41) is 0. The predicted octanol–water partition coefficient (Wildman–Crippen LogP) is 3.77. The van der Waals surface area contributed by atoms with Gasteiger partial charge in [-0.05, 0) is 41.8 Å². The van der Waals surface area contributed by atoms with Crippen LogP contribution in [0.15, 0.2) is 40.9 Å². The lowest BCUT2D eigenvalue weighted by Gasteiger charge is -2.14. The number of amides is 1. The number of carbonyl (C=O) groups is 1. The first-order valence-corrected chi connectivity index (χ1v) is 8.12. The van der Waals surface area contributed by atoms with Gasteiger partial charge in [-0.3, -0.25) is 4.79 Å². The van der Waals surface area contributed by atoms with Gasteiger partial charge < -0.3 is 14.4 Å². The summed E-state index contributed by atoms with van der Waals surface area (Å²) in [6, 6.07) is 11.7. The average Bonchev–Trinajstić information content (AvgIpc) is 2.79. The number of nitrogens with zero attached hydrogens (tertiary/aromatic N) is 1. The fraction of sp³-hybridized carbons (Fsp3) is 0.278. The van der Waals surface area contributed by atoms with Crippen LogP contribution in [-0.4, -0.2) is 27.2 Å². The number of hydrogen-bond acceptors (Lipinski definition) is 3. The Morgan fingerprint density at radius 3 is 2.61 bits per heavy atom. The zero-order valence-corrected chi connectivity index (χ0v) is 14.9. The van der Waals surface area contributed by atoms with Gasteiger partial charge in [0.1, 0.15) is 11.5 Å². The van der Waals surface area contributed by atoms with Crippen LogP contribution >= 0.6 is 15.9 Å². The van der Waals surface area contributed by atoms with Crippen LogP contribution in [0.2, 0.25) is 0 Å². The zero-order valence-electron chi connectivity index (χ0n) is 13.3. The summed E-state index contributed by atoms with van der Waals surface area (Å²) in [4.78, 5) is 14.4. The quantitative estimate of drug-likeness (QED) is 0.816. The third-order valence-electron chi connectivity index (χ3n) is 4.27. The molecule has 0 unspecified atom stereocenters. The standard InChI is InChI=1S/C18H18BrNO3/c1-20-16-7-5-12(19)9-14(16)15(18(20)21)8-11-4-6-13(22-2)10-17(11)23-3/h4-7,9-10,15H,8H2,1-3H3/t15-/m0/s1. The van der Waals surface area contributed by atoms with Gasteiger partial charge in [0.15, 0.2) is 0 Å². The molecule has 5 heteroatoms. The topological polar surface area (TPSA) is 38.8 Å². The Kier molecular flexibility index (Phi) is 4.31. The Morgan fingerprint density at radius 1 is 1.13 bits per heavy atom. The second-order valence-corrected chi connectivity index (χ2v) is 6.45. The first-order chi connectivity index (χ1) is 11.0. The molecular weight excluding hydrogens is 358 g/mol. The highest BCUT2D eigenvalue weighted by atomic mass is 79.9. The van der Waals surface area contributed by atoms with Crippen LogP contribution in [-0.2, 0) is 11.2 Å². The number of ether oxygens (including phenoxy) is 2. The predicted molar refractivity (Wildman–Crippen MR) is 93.5 cm³/mol. The minimum Gasteiger partial charge on any atom is -0.497 e. The summed E-state index contributed by atoms with van der Waals surface area (Å²) in [6.07, 6.45) is 0.597. The summed E-state index contributed by atoms with van der Waals surface area (Å²) >= 11 is 3.49. The molecule has 3 rings (SSSR count). The Bertz CT molecular complexity index is 760. The molecule has 2 aromatic carbocycles. The van der Waals surface area contributed by atoms with Crippen LogP contribution in [0.4, 0.5) is 5.69 Å². The van der Waals surface area contributed by atoms with E-state index in [0.29, 0.717) is 6.42 Å². The van der Waals surface area contributed by atoms with Gasteiger partial charge in [-0.15, -0.1) is 0 Å². The van der Waals surface area contributed by atoms with E-state index in [1.54, 1.807) is 19.1 Å². The second kappa shape index (κ2) is 6.24. The Morgan fingerprint density at radius 2 is 1.91 bits per heavy atom. The molecule has 1 aliphatic rings. The van der Waals surface area contributed by atoms with Crippen LogP contribution in [0.3, 0.4) is 0 Å². The number of halogens is 1. The molecule has 0 N–H and O–H groups in total. The molecule has 1 amide bonds. The van der Waals surface area contributed by atoms with Crippen molar-refractivity contribution >= 4 is 27.5 Å². The van der Waals surface area contributed by atoms with E-state index >= 15 is 0 Å². The highest BCUT2D eigenvalue weighted by molar-refractivity contribution is 9.10. The van der Waals surface area contributed by atoms with E-state index in [0.717, 1.165) is 32.8 Å². The van der Waals surface area contributed by atoms with Crippen LogP contribution in [0.25, 0.3) is 0 Å². The van der Waals surface area contributed by atoms with Crippen LogP contribution in [0.1, 0.15) is 17.0 Å². The van der Waals surface area contributed by atoms with Crippen LogP contribution in [0, 0.1) is 0 Å². The van der Waals surface area contributed by atoms with E-state index in [9.17, 15) is 4.79 Å². The van der Waals surface area contributed by atoms with E-state index in [1.807, 2.05) is 43.4 Å². The number of likely N-dealkylation sites (N-methyl/N-ethyl adjacent to an activating group) is 1. The number of benzene rings is 2. The van der Waals surface area contributed by atoms with E-state index in [-0.39, 0.29) is 11.8 Å². The number of hydrogen-bond donors (Lipinski definition) is 0. The first-order valence-electron chi connectivity index (χ1n) is 7.33. The van der Waals surface area contributed by atoms with Crippen LogP contribution in [0.5, 0.6) is 11.5 Å². The fourth-order valence-corrected chi connectivity index (χ4v) is 3.41. The van der Waals surface area contributed by atoms with E-state index in [4.69, 9.17) is 9.47 Å². The molecule has 0 aromatic heterocycles. The van der Waals surface area contributed by atoms with Crippen molar-refractivity contribution in [1.82, 2.24) is 0 Å². The number of fused-ring (bicyclic) bond motifs is 1. The minimum absolute atomic E-state index is 0.107. The highest BCUT2D eigenvalue weighted by Crippen LogP contribution is 2.41. The van der Waals surface area contributed by atoms with Gasteiger partial charge in [0, 0.05) is 23.3 Å². The normalized spacial score (nSPS) is 16.4. The molecule has 1 atom stereocenters. The van der Waals surface area contributed by atoms with Gasteiger partial charge in [0.25, 0.3) is 0 Å². The molecule has 4 nitrogen and oxygen atoms in total. The summed E-state index contributed by atoms with van der Waals surface area (Å²) in [7, 11) is 5.07. The van der Waals surface area contributed by atoms with E-state index in [2.05, 4.69) is 15.9 Å². The summed E-state index contributed by atoms with van der Waals surface area (Å²) in [6.45, 7) is 0. The van der Waals surface area contributed by atoms with Crippen molar-refractivity contribution in [2.75, 3.05) is 26.2 Å². The number of rotatable bonds is 4.